The molecule has 0 saturated carbocycles. The Morgan fingerprint density at radius 2 is 1.55 bits per heavy atom. The number of hydrogen-bond donors (Lipinski definition) is 1. The van der Waals surface area contributed by atoms with Gasteiger partial charge in [0.05, 0.1) is 18.2 Å². The van der Waals surface area contributed by atoms with Crippen molar-refractivity contribution in [2.45, 2.75) is 64.2 Å². The van der Waals surface area contributed by atoms with Crippen LogP contribution in [0.2, 0.25) is 0 Å². The molecule has 0 aromatic heterocycles. The lowest BCUT2D eigenvalue weighted by molar-refractivity contribution is -0.137. The third-order valence-corrected chi connectivity index (χ3v) is 6.78. The van der Waals surface area contributed by atoms with Crippen LogP contribution < -0.4 is 4.74 Å². The summed E-state index contributed by atoms with van der Waals surface area (Å²) in [6.45, 7) is 0.705. The zero-order chi connectivity index (χ0) is 26.8. The molecular weight excluding hydrogens is 470 g/mol. The van der Waals surface area contributed by atoms with Gasteiger partial charge in [0.1, 0.15) is 5.75 Å². The van der Waals surface area contributed by atoms with Crippen molar-refractivity contribution in [2.24, 2.45) is 5.92 Å². The maximum Gasteiger partial charge on any atom is 0.303 e. The predicted molar refractivity (Wildman–Crippen MR) is 154 cm³/mol. The van der Waals surface area contributed by atoms with E-state index in [9.17, 15) is 4.79 Å². The summed E-state index contributed by atoms with van der Waals surface area (Å²) in [5, 5.41) is 18.0. The topological polar surface area (TPSA) is 70.3 Å². The van der Waals surface area contributed by atoms with Crippen molar-refractivity contribution >= 4 is 12.0 Å². The van der Waals surface area contributed by atoms with E-state index in [1.807, 2.05) is 42.5 Å². The first-order valence-corrected chi connectivity index (χ1v) is 13.8. The van der Waals surface area contributed by atoms with E-state index in [0.717, 1.165) is 62.7 Å². The highest BCUT2D eigenvalue weighted by molar-refractivity contribution is 5.66. The van der Waals surface area contributed by atoms with Gasteiger partial charge in [-0.2, -0.15) is 5.26 Å². The molecule has 0 radical (unpaired) electrons. The fraction of sp³-hybridized carbons (Fsp3) is 0.353. The number of para-hydroxylation sites is 1. The molecule has 0 heterocycles. The van der Waals surface area contributed by atoms with E-state index < -0.39 is 5.97 Å². The number of ether oxygens (including phenoxy) is 1. The summed E-state index contributed by atoms with van der Waals surface area (Å²) in [5.74, 6) is 0.509. The largest absolute Gasteiger partial charge is 0.493 e. The third kappa shape index (κ3) is 11.0. The normalized spacial score (nSPS) is 11.8. The maximum atomic E-state index is 10.9. The molecule has 1 unspecified atom stereocenters. The number of aryl methyl sites for hydroxylation is 2. The molecule has 0 aliphatic heterocycles. The Kier molecular flexibility index (Phi) is 12.7. The monoisotopic (exact) mass is 509 g/mol. The van der Waals surface area contributed by atoms with Gasteiger partial charge in [0.25, 0.3) is 0 Å². The van der Waals surface area contributed by atoms with Gasteiger partial charge in [-0.05, 0) is 86.6 Å². The highest BCUT2D eigenvalue weighted by Gasteiger charge is 2.08. The molecule has 0 bridgehead atoms. The van der Waals surface area contributed by atoms with Gasteiger partial charge in [-0.25, -0.2) is 0 Å². The molecule has 3 aromatic rings. The van der Waals surface area contributed by atoms with Crippen molar-refractivity contribution in [1.29, 1.82) is 5.26 Å². The molecule has 0 aliphatic carbocycles. The molecule has 4 nitrogen and oxygen atoms in total. The van der Waals surface area contributed by atoms with Crippen LogP contribution in [0.1, 0.15) is 73.6 Å². The summed E-state index contributed by atoms with van der Waals surface area (Å²) in [5.41, 5.74) is 4.35. The van der Waals surface area contributed by atoms with Crippen LogP contribution in [-0.4, -0.2) is 17.7 Å². The van der Waals surface area contributed by atoms with Gasteiger partial charge >= 0.3 is 5.97 Å². The average Bonchev–Trinajstić information content (AvgIpc) is 2.95. The Labute approximate surface area is 227 Å². The minimum absolute atomic E-state index is 0.216. The van der Waals surface area contributed by atoms with Gasteiger partial charge in [0.15, 0.2) is 0 Å². The number of nitriles is 1. The van der Waals surface area contributed by atoms with Crippen LogP contribution in [0.15, 0.2) is 84.9 Å². The van der Waals surface area contributed by atoms with Gasteiger partial charge in [-0.3, -0.25) is 4.79 Å². The second-order valence-electron chi connectivity index (χ2n) is 9.79. The van der Waals surface area contributed by atoms with E-state index >= 15 is 0 Å². The number of rotatable bonds is 17. The van der Waals surface area contributed by atoms with Crippen molar-refractivity contribution in [1.82, 2.24) is 0 Å². The predicted octanol–water partition coefficient (Wildman–Crippen LogP) is 8.26. The molecule has 0 aliphatic rings. The molecule has 3 rings (SSSR count). The molecule has 0 saturated heterocycles. The van der Waals surface area contributed by atoms with Gasteiger partial charge in [-0.1, -0.05) is 79.2 Å². The molecule has 38 heavy (non-hydrogen) atoms. The number of aliphatic carboxylic acids is 1. The Morgan fingerprint density at radius 3 is 2.32 bits per heavy atom. The first kappa shape index (κ1) is 28.7. The number of benzene rings is 3. The first-order valence-electron chi connectivity index (χ1n) is 13.8. The molecule has 1 atom stereocenters. The summed E-state index contributed by atoms with van der Waals surface area (Å²) < 4.78 is 6.15. The summed E-state index contributed by atoms with van der Waals surface area (Å²) in [6.07, 6.45) is 13.5. The zero-order valence-electron chi connectivity index (χ0n) is 22.2. The van der Waals surface area contributed by atoms with Crippen LogP contribution in [0.3, 0.4) is 0 Å². The Balaban J connectivity index is 1.52. The van der Waals surface area contributed by atoms with Crippen LogP contribution in [0, 0.1) is 17.2 Å². The molecule has 4 heteroatoms. The molecule has 1 N–H and O–H groups in total. The highest BCUT2D eigenvalue weighted by atomic mass is 16.5. The minimum atomic E-state index is -0.735. The lowest BCUT2D eigenvalue weighted by atomic mass is 9.92. The summed E-state index contributed by atoms with van der Waals surface area (Å²) in [7, 11) is 0. The average molecular weight is 510 g/mol. The van der Waals surface area contributed by atoms with Crippen molar-refractivity contribution in [3.8, 4) is 11.8 Å². The molecule has 0 spiro atoms. The number of carboxylic acids is 1. The Hall–Kier alpha value is -3.84. The SMILES string of the molecule is N#Cc1ccc(CCC(C=Cc2ccccc2OCCCCCc2ccccc2)CCCCC(=O)O)cc1. The van der Waals surface area contributed by atoms with Crippen LogP contribution in [0.5, 0.6) is 5.75 Å². The summed E-state index contributed by atoms with van der Waals surface area (Å²) in [6, 6.07) is 28.7. The van der Waals surface area contributed by atoms with E-state index in [1.165, 1.54) is 11.1 Å². The lowest BCUT2D eigenvalue weighted by Gasteiger charge is -2.14. The second-order valence-corrected chi connectivity index (χ2v) is 9.79. The Morgan fingerprint density at radius 1 is 0.816 bits per heavy atom. The van der Waals surface area contributed by atoms with Crippen molar-refractivity contribution in [3.05, 3.63) is 107 Å². The van der Waals surface area contributed by atoms with E-state index in [0.29, 0.717) is 24.5 Å². The first-order chi connectivity index (χ1) is 18.6. The van der Waals surface area contributed by atoms with E-state index in [-0.39, 0.29) is 6.42 Å². The Bertz CT molecular complexity index is 1160. The minimum Gasteiger partial charge on any atom is -0.493 e. The fourth-order valence-corrected chi connectivity index (χ4v) is 4.54. The number of carbonyl (C=O) groups is 1. The van der Waals surface area contributed by atoms with Gasteiger partial charge in [-0.15, -0.1) is 0 Å². The molecule has 3 aromatic carbocycles. The van der Waals surface area contributed by atoms with Gasteiger partial charge < -0.3 is 9.84 Å². The molecule has 0 amide bonds. The summed E-state index contributed by atoms with van der Waals surface area (Å²) >= 11 is 0. The number of nitrogens with zero attached hydrogens (tertiary/aromatic N) is 1. The maximum absolute atomic E-state index is 10.9. The van der Waals surface area contributed by atoms with E-state index in [4.69, 9.17) is 15.1 Å². The smallest absolute Gasteiger partial charge is 0.303 e. The van der Waals surface area contributed by atoms with Crippen LogP contribution in [0.4, 0.5) is 0 Å². The highest BCUT2D eigenvalue weighted by Crippen LogP contribution is 2.24. The van der Waals surface area contributed by atoms with E-state index in [2.05, 4.69) is 54.6 Å². The molecule has 0 fully saturated rings. The summed E-state index contributed by atoms with van der Waals surface area (Å²) in [4.78, 5) is 10.9. The van der Waals surface area contributed by atoms with Gasteiger partial charge in [0, 0.05) is 12.0 Å². The van der Waals surface area contributed by atoms with Crippen LogP contribution in [-0.2, 0) is 17.6 Å². The number of unbranched alkanes of at least 4 members (excludes halogenated alkanes) is 3. The van der Waals surface area contributed by atoms with Crippen LogP contribution in [0.25, 0.3) is 6.08 Å². The standard InChI is InChI=1S/C34H39NO3/c35-27-31-22-20-30(21-23-31)19-18-29(14-6-9-17-34(36)37)24-25-32-15-7-8-16-33(32)38-26-10-2-5-13-28-11-3-1-4-12-28/h1,3-4,7-8,11-12,15-16,20-25,29H,2,5-6,9-10,13-14,17-19,26H2,(H,36,37). The van der Waals surface area contributed by atoms with Crippen molar-refractivity contribution < 1.29 is 14.6 Å². The van der Waals surface area contributed by atoms with Crippen molar-refractivity contribution in [3.63, 3.8) is 0 Å². The van der Waals surface area contributed by atoms with Crippen molar-refractivity contribution in [2.75, 3.05) is 6.61 Å². The number of hydrogen-bond acceptors (Lipinski definition) is 3. The van der Waals surface area contributed by atoms with E-state index in [1.54, 1.807) is 0 Å². The quantitative estimate of drug-likeness (QED) is 0.186. The number of allylic oxidation sites excluding steroid dienone is 1. The third-order valence-electron chi connectivity index (χ3n) is 6.78. The lowest BCUT2D eigenvalue weighted by Crippen LogP contribution is -2.02. The molecule has 198 valence electrons. The zero-order valence-corrected chi connectivity index (χ0v) is 22.2. The fourth-order valence-electron chi connectivity index (χ4n) is 4.54. The van der Waals surface area contributed by atoms with Crippen LogP contribution >= 0.6 is 0 Å². The van der Waals surface area contributed by atoms with Gasteiger partial charge in [0.2, 0.25) is 0 Å². The second kappa shape index (κ2) is 16.8. The number of carboxylic acid groups (broad SMARTS) is 1. The molecular formula is C34H39NO3.